The lowest BCUT2D eigenvalue weighted by Gasteiger charge is -2.30. The molecule has 1 aliphatic rings. The van der Waals surface area contributed by atoms with Crippen molar-refractivity contribution in [3.05, 3.63) is 60.7 Å². The summed E-state index contributed by atoms with van der Waals surface area (Å²) in [6.45, 7) is 7.91. The summed E-state index contributed by atoms with van der Waals surface area (Å²) in [6, 6.07) is 10.5. The molecule has 4 heterocycles. The molecule has 1 fully saturated rings. The molecular weight excluding hydrogens is 454 g/mol. The average Bonchev–Trinajstić information content (AvgIpc) is 3.59. The van der Waals surface area contributed by atoms with Crippen molar-refractivity contribution in [2.75, 3.05) is 43.1 Å². The number of fused-ring (bicyclic) bond motifs is 2. The van der Waals surface area contributed by atoms with Crippen molar-refractivity contribution >= 4 is 33.7 Å². The predicted molar refractivity (Wildman–Crippen MR) is 141 cm³/mol. The highest BCUT2D eigenvalue weighted by atomic mass is 16.5. The normalized spacial score (nSPS) is 14.0. The van der Waals surface area contributed by atoms with Crippen molar-refractivity contribution in [3.63, 3.8) is 0 Å². The van der Waals surface area contributed by atoms with Crippen LogP contribution < -0.4 is 15.0 Å². The van der Waals surface area contributed by atoms with Crippen LogP contribution in [-0.4, -0.2) is 57.5 Å². The Morgan fingerprint density at radius 3 is 2.86 bits per heavy atom. The topological polar surface area (TPSA) is 92.6 Å². The molecule has 2 aromatic carbocycles. The van der Waals surface area contributed by atoms with Crippen LogP contribution >= 0.6 is 0 Å². The molecule has 1 aliphatic heterocycles. The number of anilines is 3. The number of ether oxygens (including phenoxy) is 2. The number of benzene rings is 2. The van der Waals surface area contributed by atoms with E-state index in [1.54, 1.807) is 6.20 Å². The first-order valence-electron chi connectivity index (χ1n) is 12.4. The molecule has 5 aromatic rings. The van der Waals surface area contributed by atoms with E-state index in [4.69, 9.17) is 14.5 Å². The predicted octanol–water partition coefficient (Wildman–Crippen LogP) is 4.81. The van der Waals surface area contributed by atoms with E-state index in [0.717, 1.165) is 77.7 Å². The van der Waals surface area contributed by atoms with E-state index in [1.807, 2.05) is 36.0 Å². The molecule has 0 amide bonds. The second kappa shape index (κ2) is 9.50. The van der Waals surface area contributed by atoms with E-state index < -0.39 is 0 Å². The van der Waals surface area contributed by atoms with Crippen molar-refractivity contribution in [2.45, 2.75) is 20.3 Å². The third-order valence-corrected chi connectivity index (χ3v) is 6.57. The highest BCUT2D eigenvalue weighted by molar-refractivity contribution is 5.87. The van der Waals surface area contributed by atoms with E-state index in [-0.39, 0.29) is 0 Å². The van der Waals surface area contributed by atoms with Gasteiger partial charge in [-0.25, -0.2) is 9.97 Å². The van der Waals surface area contributed by atoms with Gasteiger partial charge in [-0.2, -0.15) is 5.10 Å². The molecule has 0 aliphatic carbocycles. The van der Waals surface area contributed by atoms with Gasteiger partial charge >= 0.3 is 0 Å². The fourth-order valence-corrected chi connectivity index (χ4v) is 4.78. The Kier molecular flexibility index (Phi) is 5.90. The number of imidazole rings is 1. The lowest BCUT2D eigenvalue weighted by atomic mass is 10.0. The quantitative estimate of drug-likeness (QED) is 0.343. The van der Waals surface area contributed by atoms with Crippen molar-refractivity contribution in [2.24, 2.45) is 0 Å². The number of hydrogen-bond donors (Lipinski definition) is 2. The number of H-pyrrole nitrogens is 1. The average molecular weight is 484 g/mol. The first kappa shape index (κ1) is 22.4. The van der Waals surface area contributed by atoms with Crippen molar-refractivity contribution in [1.82, 2.24) is 24.6 Å². The third-order valence-electron chi connectivity index (χ3n) is 6.57. The molecule has 0 bridgehead atoms. The Bertz CT molecular complexity index is 1520. The van der Waals surface area contributed by atoms with E-state index >= 15 is 0 Å². The van der Waals surface area contributed by atoms with Crippen LogP contribution in [-0.2, 0) is 11.2 Å². The molecule has 36 heavy (non-hydrogen) atoms. The van der Waals surface area contributed by atoms with Gasteiger partial charge in [-0.3, -0.25) is 5.10 Å². The molecule has 1 saturated heterocycles. The zero-order valence-electron chi connectivity index (χ0n) is 20.5. The number of nitrogens with one attached hydrogen (secondary N) is 2. The van der Waals surface area contributed by atoms with Gasteiger partial charge in [0.15, 0.2) is 11.5 Å². The molecule has 9 nitrogen and oxygen atoms in total. The summed E-state index contributed by atoms with van der Waals surface area (Å²) in [5.41, 5.74) is 6.85. The first-order valence-corrected chi connectivity index (χ1v) is 12.4. The van der Waals surface area contributed by atoms with E-state index in [9.17, 15) is 0 Å². The smallest absolute Gasteiger partial charge is 0.180 e. The SMILES string of the molecule is CCOc1cc(Nc2nc(-c3cc(CC)c4cn[nH]c4c3)cn3ccnc23)ccc1N1CCOCC1. The fourth-order valence-electron chi connectivity index (χ4n) is 4.78. The number of nitrogens with zero attached hydrogens (tertiary/aromatic N) is 5. The summed E-state index contributed by atoms with van der Waals surface area (Å²) in [6.07, 6.45) is 8.53. The third kappa shape index (κ3) is 4.11. The van der Waals surface area contributed by atoms with Crippen molar-refractivity contribution in [3.8, 4) is 17.0 Å². The second-order valence-electron chi connectivity index (χ2n) is 8.79. The van der Waals surface area contributed by atoms with Crippen LogP contribution in [0.15, 0.2) is 55.1 Å². The van der Waals surface area contributed by atoms with E-state index in [2.05, 4.69) is 56.6 Å². The molecule has 0 saturated carbocycles. The summed E-state index contributed by atoms with van der Waals surface area (Å²) in [7, 11) is 0. The number of aromatic amines is 1. The summed E-state index contributed by atoms with van der Waals surface area (Å²) < 4.78 is 13.5. The van der Waals surface area contributed by atoms with Gasteiger partial charge in [-0.05, 0) is 43.2 Å². The van der Waals surface area contributed by atoms with Gasteiger partial charge in [0.05, 0.1) is 42.9 Å². The van der Waals surface area contributed by atoms with Gasteiger partial charge in [0, 0.05) is 54.4 Å². The van der Waals surface area contributed by atoms with Crippen LogP contribution in [0.4, 0.5) is 17.2 Å². The number of hydrogen-bond acceptors (Lipinski definition) is 7. The van der Waals surface area contributed by atoms with Gasteiger partial charge in [0.25, 0.3) is 0 Å². The van der Waals surface area contributed by atoms with Crippen molar-refractivity contribution < 1.29 is 9.47 Å². The monoisotopic (exact) mass is 483 g/mol. The maximum absolute atomic E-state index is 6.02. The van der Waals surface area contributed by atoms with Gasteiger partial charge in [0.2, 0.25) is 0 Å². The van der Waals surface area contributed by atoms with Crippen LogP contribution in [0.25, 0.3) is 27.8 Å². The Morgan fingerprint density at radius 2 is 2.03 bits per heavy atom. The number of aryl methyl sites for hydroxylation is 1. The lowest BCUT2D eigenvalue weighted by molar-refractivity contribution is 0.122. The highest BCUT2D eigenvalue weighted by Gasteiger charge is 2.17. The Balaban J connectivity index is 1.39. The largest absolute Gasteiger partial charge is 0.492 e. The molecule has 0 atom stereocenters. The fraction of sp³-hybridized carbons (Fsp3) is 0.296. The Morgan fingerprint density at radius 1 is 1.14 bits per heavy atom. The summed E-state index contributed by atoms with van der Waals surface area (Å²) in [5.74, 6) is 1.53. The van der Waals surface area contributed by atoms with Crippen molar-refractivity contribution in [1.29, 1.82) is 0 Å². The maximum Gasteiger partial charge on any atom is 0.180 e. The standard InChI is InChI=1S/C27H29N7O2/c1-3-18-13-19(14-22-21(18)16-29-32-22)23-17-34-8-7-28-27(34)26(31-23)30-20-5-6-24(25(15-20)36-4-2)33-9-11-35-12-10-33/h5-8,13-17H,3-4,9-12H2,1-2H3,(H,29,32)(H,30,31). The number of rotatable bonds is 7. The molecule has 0 unspecified atom stereocenters. The highest BCUT2D eigenvalue weighted by Crippen LogP contribution is 2.34. The number of morpholine rings is 1. The molecule has 0 spiro atoms. The van der Waals surface area contributed by atoms with Gasteiger partial charge in [-0.1, -0.05) is 6.92 Å². The minimum Gasteiger partial charge on any atom is -0.492 e. The van der Waals surface area contributed by atoms with E-state index in [1.165, 1.54) is 5.56 Å². The van der Waals surface area contributed by atoms with E-state index in [0.29, 0.717) is 12.4 Å². The molecule has 6 rings (SSSR count). The Labute approximate surface area is 209 Å². The molecule has 9 heteroatoms. The lowest BCUT2D eigenvalue weighted by Crippen LogP contribution is -2.36. The summed E-state index contributed by atoms with van der Waals surface area (Å²) in [5, 5.41) is 12.0. The molecule has 2 N–H and O–H groups in total. The maximum atomic E-state index is 6.02. The van der Waals surface area contributed by atoms with Crippen LogP contribution in [0.1, 0.15) is 19.4 Å². The van der Waals surface area contributed by atoms with Crippen LogP contribution in [0, 0.1) is 0 Å². The second-order valence-corrected chi connectivity index (χ2v) is 8.79. The van der Waals surface area contributed by atoms with Gasteiger partial charge in [-0.15, -0.1) is 0 Å². The summed E-state index contributed by atoms with van der Waals surface area (Å²) >= 11 is 0. The Hall–Kier alpha value is -4.11. The summed E-state index contributed by atoms with van der Waals surface area (Å²) in [4.78, 5) is 11.8. The molecule has 0 radical (unpaired) electrons. The molecule has 184 valence electrons. The van der Waals surface area contributed by atoms with Crippen LogP contribution in [0.2, 0.25) is 0 Å². The van der Waals surface area contributed by atoms with Gasteiger partial charge in [0.1, 0.15) is 5.75 Å². The minimum absolute atomic E-state index is 0.592. The first-order chi connectivity index (χ1) is 17.7. The number of aromatic nitrogens is 5. The minimum atomic E-state index is 0.592. The zero-order valence-corrected chi connectivity index (χ0v) is 20.5. The van der Waals surface area contributed by atoms with Crippen LogP contribution in [0.3, 0.4) is 0 Å². The molecular formula is C27H29N7O2. The van der Waals surface area contributed by atoms with Crippen LogP contribution in [0.5, 0.6) is 5.75 Å². The zero-order chi connectivity index (χ0) is 24.5. The molecule has 3 aromatic heterocycles. The van der Waals surface area contributed by atoms with Gasteiger partial charge < -0.3 is 24.1 Å².